The summed E-state index contributed by atoms with van der Waals surface area (Å²) in [7, 11) is 0. The first-order chi connectivity index (χ1) is 4.76. The molecule has 0 fully saturated rings. The molecule has 8 heteroatoms. The molecule has 0 saturated carbocycles. The first-order valence-corrected chi connectivity index (χ1v) is 2.86. The minimum Gasteiger partial charge on any atom is -0.544 e. The fourth-order valence-corrected chi connectivity index (χ4v) is 0.398. The van der Waals surface area contributed by atoms with Gasteiger partial charge in [0, 0.05) is 0 Å². The minimum atomic E-state index is -4.95. The van der Waals surface area contributed by atoms with E-state index in [1.807, 2.05) is 0 Å². The van der Waals surface area contributed by atoms with Crippen LogP contribution in [0.5, 0.6) is 0 Å². The second-order valence-corrected chi connectivity index (χ2v) is 2.17. The van der Waals surface area contributed by atoms with Crippen molar-refractivity contribution in [3.63, 3.8) is 0 Å². The maximum atomic E-state index is 11.5. The molecular formula is C4Cl2F3LiO2. The summed E-state index contributed by atoms with van der Waals surface area (Å²) in [4.78, 5) is 9.70. The summed E-state index contributed by atoms with van der Waals surface area (Å²) >= 11 is 9.12. The van der Waals surface area contributed by atoms with Gasteiger partial charge in [0.05, 0.1) is 11.0 Å². The molecule has 2 nitrogen and oxygen atoms in total. The standard InChI is InChI=1S/C4HCl2F3O2.Li/c5-1(3(10)11)2(6)4(7,8)9;/h(H,10,11);/q;+1/p-1. The molecule has 0 aliphatic carbocycles. The van der Waals surface area contributed by atoms with Crippen molar-refractivity contribution in [2.75, 3.05) is 0 Å². The molecule has 0 saturated heterocycles. The molecule has 0 aliphatic rings. The van der Waals surface area contributed by atoms with Gasteiger partial charge in [-0.05, 0) is 0 Å². The number of allylic oxidation sites excluding steroid dienone is 1. The number of carbonyl (C=O) groups is 1. The van der Waals surface area contributed by atoms with Gasteiger partial charge in [-0.2, -0.15) is 13.2 Å². The average Bonchev–Trinajstić information content (AvgIpc) is 1.82. The van der Waals surface area contributed by atoms with E-state index in [2.05, 4.69) is 23.2 Å². The Kier molecular flexibility index (Phi) is 6.15. The molecule has 0 heterocycles. The zero-order valence-corrected chi connectivity index (χ0v) is 7.22. The summed E-state index contributed by atoms with van der Waals surface area (Å²) < 4.78 is 34.5. The molecule has 0 unspecified atom stereocenters. The number of hydrogen-bond acceptors (Lipinski definition) is 2. The fraction of sp³-hybridized carbons (Fsp3) is 0.250. The Bertz CT molecular complexity index is 213. The van der Waals surface area contributed by atoms with Gasteiger partial charge in [0.2, 0.25) is 0 Å². The maximum absolute atomic E-state index is 11.5. The molecular weight excluding hydrogens is 215 g/mol. The monoisotopic (exact) mass is 214 g/mol. The van der Waals surface area contributed by atoms with Crippen molar-refractivity contribution >= 4 is 29.2 Å². The first-order valence-electron chi connectivity index (χ1n) is 2.10. The molecule has 0 N–H and O–H groups in total. The zero-order valence-electron chi connectivity index (χ0n) is 5.71. The Morgan fingerprint density at radius 1 is 1.25 bits per heavy atom. The third kappa shape index (κ3) is 4.26. The quantitative estimate of drug-likeness (QED) is 0.374. The average molecular weight is 215 g/mol. The summed E-state index contributed by atoms with van der Waals surface area (Å²) in [6.07, 6.45) is -4.95. The Hall–Kier alpha value is 0.177. The summed E-state index contributed by atoms with van der Waals surface area (Å²) in [6, 6.07) is 0. The maximum Gasteiger partial charge on any atom is 1.00 e. The van der Waals surface area contributed by atoms with Crippen LogP contribution in [-0.4, -0.2) is 12.1 Å². The Morgan fingerprint density at radius 2 is 1.58 bits per heavy atom. The SMILES string of the molecule is O=C([O-])C(Cl)=C(Cl)C(F)(F)F.[Li+]. The summed E-state index contributed by atoms with van der Waals surface area (Å²) in [5.74, 6) is -2.16. The minimum absolute atomic E-state index is 0. The van der Waals surface area contributed by atoms with Crippen LogP contribution in [0.4, 0.5) is 13.2 Å². The molecule has 0 radical (unpaired) electrons. The van der Waals surface area contributed by atoms with Gasteiger partial charge in [0.15, 0.2) is 0 Å². The van der Waals surface area contributed by atoms with Crippen LogP contribution in [-0.2, 0) is 4.79 Å². The van der Waals surface area contributed by atoms with Gasteiger partial charge in [0.1, 0.15) is 5.03 Å². The van der Waals surface area contributed by atoms with E-state index >= 15 is 0 Å². The normalized spacial score (nSPS) is 13.1. The van der Waals surface area contributed by atoms with E-state index in [1.165, 1.54) is 0 Å². The number of carboxylic acid groups (broad SMARTS) is 1. The first kappa shape index (κ1) is 14.7. The number of hydrogen-bond donors (Lipinski definition) is 0. The van der Waals surface area contributed by atoms with E-state index in [-0.39, 0.29) is 18.9 Å². The molecule has 64 valence electrons. The molecule has 0 spiro atoms. The van der Waals surface area contributed by atoms with E-state index in [1.54, 1.807) is 0 Å². The topological polar surface area (TPSA) is 40.1 Å². The van der Waals surface area contributed by atoms with E-state index in [0.29, 0.717) is 0 Å². The van der Waals surface area contributed by atoms with Crippen LogP contribution in [0, 0.1) is 0 Å². The smallest absolute Gasteiger partial charge is 0.544 e. The van der Waals surface area contributed by atoms with E-state index in [0.717, 1.165) is 0 Å². The predicted molar refractivity (Wildman–Crippen MR) is 29.8 cm³/mol. The van der Waals surface area contributed by atoms with Crippen molar-refractivity contribution in [3.8, 4) is 0 Å². The zero-order chi connectivity index (χ0) is 9.23. The van der Waals surface area contributed by atoms with E-state index in [4.69, 9.17) is 0 Å². The summed E-state index contributed by atoms with van der Waals surface area (Å²) in [5, 5.41) is 6.27. The Labute approximate surface area is 87.5 Å². The molecule has 12 heavy (non-hydrogen) atoms. The molecule has 0 aliphatic heterocycles. The summed E-state index contributed by atoms with van der Waals surface area (Å²) in [6.45, 7) is 0. The van der Waals surface area contributed by atoms with Gasteiger partial charge >= 0.3 is 25.0 Å². The van der Waals surface area contributed by atoms with Gasteiger partial charge in [0.25, 0.3) is 0 Å². The number of rotatable bonds is 1. The van der Waals surface area contributed by atoms with Crippen molar-refractivity contribution in [1.29, 1.82) is 0 Å². The van der Waals surface area contributed by atoms with Crippen LogP contribution >= 0.6 is 23.2 Å². The second kappa shape index (κ2) is 5.03. The molecule has 0 bridgehead atoms. The Balaban J connectivity index is 0. The molecule has 0 aromatic rings. The van der Waals surface area contributed by atoms with Crippen LogP contribution in [0.25, 0.3) is 0 Å². The van der Waals surface area contributed by atoms with Crippen LogP contribution in [0.15, 0.2) is 10.1 Å². The van der Waals surface area contributed by atoms with Crippen LogP contribution in [0.3, 0.4) is 0 Å². The van der Waals surface area contributed by atoms with Crippen molar-refractivity contribution in [2.45, 2.75) is 6.18 Å². The fourth-order valence-electron chi connectivity index (χ4n) is 0.214. The van der Waals surface area contributed by atoms with Crippen molar-refractivity contribution in [1.82, 2.24) is 0 Å². The van der Waals surface area contributed by atoms with Gasteiger partial charge in [-0.1, -0.05) is 23.2 Å². The van der Waals surface area contributed by atoms with Crippen molar-refractivity contribution in [2.24, 2.45) is 0 Å². The number of aliphatic carboxylic acids is 1. The second-order valence-electron chi connectivity index (χ2n) is 1.41. The third-order valence-corrected chi connectivity index (χ3v) is 1.46. The molecule has 0 rings (SSSR count). The molecule has 0 aromatic carbocycles. The number of alkyl halides is 3. The van der Waals surface area contributed by atoms with Gasteiger partial charge < -0.3 is 9.90 Å². The van der Waals surface area contributed by atoms with Crippen LogP contribution < -0.4 is 24.0 Å². The number of halogens is 5. The van der Waals surface area contributed by atoms with Crippen molar-refractivity contribution < 1.29 is 41.9 Å². The third-order valence-electron chi connectivity index (χ3n) is 0.621. The van der Waals surface area contributed by atoms with E-state index < -0.39 is 22.2 Å². The van der Waals surface area contributed by atoms with Crippen molar-refractivity contribution in [3.05, 3.63) is 10.1 Å². The number of carboxylic acids is 1. The summed E-state index contributed by atoms with van der Waals surface area (Å²) in [5.41, 5.74) is 0. The van der Waals surface area contributed by atoms with Crippen LogP contribution in [0.1, 0.15) is 0 Å². The molecule has 0 atom stereocenters. The largest absolute Gasteiger partial charge is 1.00 e. The Morgan fingerprint density at radius 3 is 1.67 bits per heavy atom. The molecule has 0 amide bonds. The van der Waals surface area contributed by atoms with Gasteiger partial charge in [-0.25, -0.2) is 0 Å². The van der Waals surface area contributed by atoms with E-state index in [9.17, 15) is 23.1 Å². The predicted octanol–water partition coefficient (Wildman–Crippen LogP) is -2.01. The van der Waals surface area contributed by atoms with Gasteiger partial charge in [-0.3, -0.25) is 0 Å². The number of carbonyl (C=O) groups excluding carboxylic acids is 1. The van der Waals surface area contributed by atoms with Gasteiger partial charge in [-0.15, -0.1) is 0 Å². The molecule has 0 aromatic heterocycles. The van der Waals surface area contributed by atoms with Crippen LogP contribution in [0.2, 0.25) is 0 Å².